The van der Waals surface area contributed by atoms with Crippen molar-refractivity contribution in [2.45, 2.75) is 112 Å². The zero-order valence-corrected chi connectivity index (χ0v) is 27.4. The first-order chi connectivity index (χ1) is 19.8. The number of aliphatic hydroxyl groups excluding tert-OH is 1. The predicted molar refractivity (Wildman–Crippen MR) is 169 cm³/mol. The minimum absolute atomic E-state index is 0.0593. The van der Waals surface area contributed by atoms with E-state index in [-0.39, 0.29) is 52.3 Å². The Balaban J connectivity index is 1.32. The van der Waals surface area contributed by atoms with Crippen molar-refractivity contribution < 1.29 is 14.7 Å². The molecule has 0 spiro atoms. The SMILES string of the molecule is CC(C)C1=C2[C@H]3CC[C@@H]4[C@@]5(C)CC[C@H](O)C(C)[C@@H]5CC[C@@]4(C)[C@]3(C)CC[C@@]2(C(=O)CNCc2ccc(Cl)cc2)CC1=O. The highest BCUT2D eigenvalue weighted by Gasteiger charge is 2.69. The number of benzene rings is 1. The summed E-state index contributed by atoms with van der Waals surface area (Å²) in [7, 11) is 0. The van der Waals surface area contributed by atoms with E-state index in [1.165, 1.54) is 18.4 Å². The molecule has 4 nitrogen and oxygen atoms in total. The number of carbonyl (C=O) groups is 2. The Hall–Kier alpha value is -1.49. The van der Waals surface area contributed by atoms with Crippen LogP contribution in [-0.4, -0.2) is 29.3 Å². The summed E-state index contributed by atoms with van der Waals surface area (Å²) < 4.78 is 0. The van der Waals surface area contributed by atoms with E-state index in [2.05, 4.69) is 46.9 Å². The highest BCUT2D eigenvalue weighted by molar-refractivity contribution is 6.30. The third-order valence-corrected chi connectivity index (χ3v) is 14.3. The van der Waals surface area contributed by atoms with E-state index in [4.69, 9.17) is 11.6 Å². The van der Waals surface area contributed by atoms with Gasteiger partial charge in [-0.1, -0.05) is 65.3 Å². The molecule has 5 aliphatic carbocycles. The molecule has 4 saturated carbocycles. The number of Topliss-reactive ketones (excluding diaryl/α,β-unsaturated/α-hetero) is 2. The van der Waals surface area contributed by atoms with Crippen LogP contribution in [0.1, 0.15) is 105 Å². The highest BCUT2D eigenvalue weighted by Crippen LogP contribution is 2.75. The van der Waals surface area contributed by atoms with Crippen molar-refractivity contribution in [1.82, 2.24) is 5.32 Å². The number of ketones is 2. The van der Waals surface area contributed by atoms with E-state index in [0.717, 1.165) is 49.7 Å². The summed E-state index contributed by atoms with van der Waals surface area (Å²) in [6, 6.07) is 7.75. The van der Waals surface area contributed by atoms with Crippen LogP contribution in [0.4, 0.5) is 0 Å². The average molecular weight is 594 g/mol. The quantitative estimate of drug-likeness (QED) is 0.351. The second-order valence-corrected chi connectivity index (χ2v) is 16.4. The van der Waals surface area contributed by atoms with Gasteiger partial charge in [-0.2, -0.15) is 0 Å². The fourth-order valence-electron chi connectivity index (χ4n) is 11.7. The number of nitrogens with one attached hydrogen (secondary N) is 1. The summed E-state index contributed by atoms with van der Waals surface area (Å²) >= 11 is 6.06. The number of halogens is 1. The van der Waals surface area contributed by atoms with E-state index < -0.39 is 5.41 Å². The van der Waals surface area contributed by atoms with Crippen molar-refractivity contribution in [2.75, 3.05) is 6.54 Å². The lowest BCUT2D eigenvalue weighted by Gasteiger charge is -2.71. The first-order valence-corrected chi connectivity index (χ1v) is 17.1. The van der Waals surface area contributed by atoms with Crippen molar-refractivity contribution in [1.29, 1.82) is 0 Å². The minimum atomic E-state index is -0.651. The summed E-state index contributed by atoms with van der Waals surface area (Å²) in [5, 5.41) is 14.9. The van der Waals surface area contributed by atoms with E-state index >= 15 is 0 Å². The molecule has 1 aromatic rings. The number of carbonyl (C=O) groups excluding carboxylic acids is 2. The maximum absolute atomic E-state index is 14.3. The van der Waals surface area contributed by atoms with Crippen LogP contribution in [0.2, 0.25) is 5.02 Å². The normalized spacial score (nSPS) is 43.1. The third-order valence-electron chi connectivity index (χ3n) is 14.1. The highest BCUT2D eigenvalue weighted by atomic mass is 35.5. The monoisotopic (exact) mass is 593 g/mol. The Bertz CT molecular complexity index is 1290. The summed E-state index contributed by atoms with van der Waals surface area (Å²) in [5.74, 6) is 2.38. The van der Waals surface area contributed by atoms with Gasteiger partial charge in [-0.25, -0.2) is 0 Å². The number of fused-ring (bicyclic) bond motifs is 7. The van der Waals surface area contributed by atoms with Crippen LogP contribution in [0.5, 0.6) is 0 Å². The molecule has 0 radical (unpaired) electrons. The van der Waals surface area contributed by atoms with E-state index in [1.54, 1.807) is 0 Å². The van der Waals surface area contributed by atoms with Crippen molar-refractivity contribution in [3.05, 3.63) is 46.0 Å². The van der Waals surface area contributed by atoms with E-state index in [9.17, 15) is 14.7 Å². The van der Waals surface area contributed by atoms with Gasteiger partial charge in [0.1, 0.15) is 0 Å². The summed E-state index contributed by atoms with van der Waals surface area (Å²) in [6.45, 7) is 15.1. The molecule has 5 heteroatoms. The van der Waals surface area contributed by atoms with Crippen LogP contribution in [-0.2, 0) is 16.1 Å². The van der Waals surface area contributed by atoms with Gasteiger partial charge in [0.2, 0.25) is 0 Å². The topological polar surface area (TPSA) is 66.4 Å². The molecule has 0 aromatic heterocycles. The van der Waals surface area contributed by atoms with Crippen molar-refractivity contribution >= 4 is 23.2 Å². The molecule has 4 fully saturated rings. The smallest absolute Gasteiger partial charge is 0.160 e. The second kappa shape index (κ2) is 10.6. The lowest BCUT2D eigenvalue weighted by Crippen LogP contribution is -2.64. The molecule has 5 aliphatic rings. The van der Waals surface area contributed by atoms with Gasteiger partial charge in [0, 0.05) is 18.0 Å². The molecular formula is C37H52ClNO3. The largest absolute Gasteiger partial charge is 0.393 e. The third kappa shape index (κ3) is 4.28. The fraction of sp³-hybridized carbons (Fsp3) is 0.730. The molecule has 0 saturated heterocycles. The maximum atomic E-state index is 14.3. The fourth-order valence-corrected chi connectivity index (χ4v) is 11.8. The second-order valence-electron chi connectivity index (χ2n) is 16.0. The Labute approximate surface area is 258 Å². The zero-order valence-electron chi connectivity index (χ0n) is 26.7. The lowest BCUT2D eigenvalue weighted by molar-refractivity contribution is -0.211. The van der Waals surface area contributed by atoms with Crippen molar-refractivity contribution in [3.63, 3.8) is 0 Å². The van der Waals surface area contributed by atoms with Gasteiger partial charge in [-0.05, 0) is 126 Å². The van der Waals surface area contributed by atoms with Crippen LogP contribution >= 0.6 is 11.6 Å². The van der Waals surface area contributed by atoms with Gasteiger partial charge in [-0.3, -0.25) is 9.59 Å². The Morgan fingerprint density at radius 1 is 1.00 bits per heavy atom. The van der Waals surface area contributed by atoms with E-state index in [0.29, 0.717) is 35.7 Å². The Morgan fingerprint density at radius 2 is 1.71 bits per heavy atom. The molecule has 9 atom stereocenters. The molecule has 0 heterocycles. The molecule has 1 unspecified atom stereocenters. The van der Waals surface area contributed by atoms with E-state index in [1.807, 2.05) is 24.3 Å². The molecular weight excluding hydrogens is 542 g/mol. The van der Waals surface area contributed by atoms with Gasteiger partial charge in [0.15, 0.2) is 11.6 Å². The van der Waals surface area contributed by atoms with Gasteiger partial charge >= 0.3 is 0 Å². The predicted octanol–water partition coefficient (Wildman–Crippen LogP) is 7.95. The number of rotatable bonds is 6. The van der Waals surface area contributed by atoms with Crippen molar-refractivity contribution in [3.8, 4) is 0 Å². The van der Waals surface area contributed by atoms with Crippen LogP contribution in [0.25, 0.3) is 0 Å². The van der Waals surface area contributed by atoms with Crippen LogP contribution in [0.15, 0.2) is 35.4 Å². The first-order valence-electron chi connectivity index (χ1n) is 16.7. The standard InChI is InChI=1S/C37H52ClNO3/c1-22(2)32-29(41)19-37(31(42)21-39-20-24-7-9-25(38)10-8-24)18-17-35(5)27(33(32)37)11-12-30-34(4)15-14-28(40)23(3)26(34)13-16-36(30,35)6/h7-10,22-23,26-28,30,39-40H,11-21H2,1-6H3/t23?,26-,27+,28-,30+,34-,35+,36+,37-/m0/s1. The number of aliphatic hydroxyl groups is 1. The maximum Gasteiger partial charge on any atom is 0.160 e. The molecule has 6 rings (SSSR count). The number of allylic oxidation sites excluding steroid dienone is 2. The van der Waals surface area contributed by atoms with Crippen LogP contribution in [0.3, 0.4) is 0 Å². The van der Waals surface area contributed by atoms with Gasteiger partial charge in [0.05, 0.1) is 18.1 Å². The van der Waals surface area contributed by atoms with Crippen LogP contribution in [0, 0.1) is 51.2 Å². The molecule has 0 amide bonds. The van der Waals surface area contributed by atoms with Gasteiger partial charge in [0.25, 0.3) is 0 Å². The molecule has 2 N–H and O–H groups in total. The summed E-state index contributed by atoms with van der Waals surface area (Å²) in [6.07, 6.45) is 8.61. The van der Waals surface area contributed by atoms with Gasteiger partial charge in [-0.15, -0.1) is 0 Å². The first kappa shape index (κ1) is 30.5. The summed E-state index contributed by atoms with van der Waals surface area (Å²) in [5.41, 5.74) is 3.14. The van der Waals surface area contributed by atoms with Crippen LogP contribution < -0.4 is 5.32 Å². The molecule has 1 aromatic carbocycles. The minimum Gasteiger partial charge on any atom is -0.393 e. The molecule has 230 valence electrons. The van der Waals surface area contributed by atoms with Crippen molar-refractivity contribution in [2.24, 2.45) is 51.2 Å². The molecule has 0 aliphatic heterocycles. The number of hydrogen-bond donors (Lipinski definition) is 2. The number of hydrogen-bond acceptors (Lipinski definition) is 4. The Morgan fingerprint density at radius 3 is 2.40 bits per heavy atom. The lowest BCUT2D eigenvalue weighted by atomic mass is 9.34. The summed E-state index contributed by atoms with van der Waals surface area (Å²) in [4.78, 5) is 28.1. The Kier molecular flexibility index (Phi) is 7.67. The average Bonchev–Trinajstić information content (AvgIpc) is 3.26. The van der Waals surface area contributed by atoms with Gasteiger partial charge < -0.3 is 10.4 Å². The molecule has 0 bridgehead atoms. The molecule has 42 heavy (non-hydrogen) atoms. The zero-order chi connectivity index (χ0) is 30.2.